The first-order valence-corrected chi connectivity index (χ1v) is 11.4. The Bertz CT molecular complexity index is 1220. The molecule has 0 radical (unpaired) electrons. The minimum atomic E-state index is -4.20. The highest BCUT2D eigenvalue weighted by atomic mass is 35.5. The Labute approximate surface area is 196 Å². The summed E-state index contributed by atoms with van der Waals surface area (Å²) in [5.41, 5.74) is 1.58. The molecule has 2 aliphatic rings. The number of phenolic OH excluding ortho intramolecular Hbond substituents is 2. The number of aliphatic hydroxyl groups is 1. The van der Waals surface area contributed by atoms with Crippen molar-refractivity contribution in [3.8, 4) is 11.5 Å². The Balaban J connectivity index is 1.75. The Hall–Kier alpha value is -3.43. The fraction of sp³-hybridized carbons (Fsp3) is 0.389. The van der Waals surface area contributed by atoms with Gasteiger partial charge < -0.3 is 30.6 Å². The van der Waals surface area contributed by atoms with Gasteiger partial charge >= 0.3 is 5.97 Å². The number of benzene rings is 1. The number of sulfone groups is 1. The number of aliphatic hydroxyl groups excluding tert-OH is 1. The topological polar surface area (TPSA) is 223 Å². The zero-order valence-corrected chi connectivity index (χ0v) is 18.9. The van der Waals surface area contributed by atoms with Crippen LogP contribution in [0.25, 0.3) is 0 Å². The van der Waals surface area contributed by atoms with Gasteiger partial charge in [-0.3, -0.25) is 14.4 Å². The van der Waals surface area contributed by atoms with Crippen molar-refractivity contribution >= 4 is 51.3 Å². The van der Waals surface area contributed by atoms with E-state index in [9.17, 15) is 48.0 Å². The van der Waals surface area contributed by atoms with Gasteiger partial charge in [-0.05, 0) is 19.1 Å². The smallest absolute Gasteiger partial charge is 0.328 e. The molecule has 16 heteroatoms. The molecule has 34 heavy (non-hydrogen) atoms. The molecule has 1 aromatic carbocycles. The van der Waals surface area contributed by atoms with E-state index in [0.29, 0.717) is 6.21 Å². The van der Waals surface area contributed by atoms with Crippen LogP contribution in [0, 0.1) is 0 Å². The summed E-state index contributed by atoms with van der Waals surface area (Å²) in [5.74, 6) is -5.69. The average molecular weight is 519 g/mol. The number of rotatable bonds is 7. The van der Waals surface area contributed by atoms with Gasteiger partial charge in [-0.1, -0.05) is 11.6 Å². The second-order valence-electron chi connectivity index (χ2n) is 7.67. The van der Waals surface area contributed by atoms with Crippen molar-refractivity contribution in [3.63, 3.8) is 0 Å². The summed E-state index contributed by atoms with van der Waals surface area (Å²) in [6.07, 6.45) is 0.311. The number of halogens is 1. The van der Waals surface area contributed by atoms with Crippen molar-refractivity contribution in [2.75, 3.05) is 6.61 Å². The van der Waals surface area contributed by atoms with E-state index in [1.54, 1.807) is 0 Å². The van der Waals surface area contributed by atoms with E-state index in [4.69, 9.17) is 11.6 Å². The van der Waals surface area contributed by atoms with E-state index in [1.807, 2.05) is 5.43 Å². The zero-order valence-electron chi connectivity index (χ0n) is 17.3. The highest BCUT2D eigenvalue weighted by molar-refractivity contribution is 7.94. The van der Waals surface area contributed by atoms with Gasteiger partial charge in [0.2, 0.25) is 5.91 Å². The van der Waals surface area contributed by atoms with Crippen LogP contribution in [0.1, 0.15) is 23.7 Å². The Morgan fingerprint density at radius 3 is 2.56 bits per heavy atom. The fourth-order valence-electron chi connectivity index (χ4n) is 3.67. The molecule has 0 aromatic heterocycles. The summed E-state index contributed by atoms with van der Waals surface area (Å²) in [6, 6.07) is -1.34. The highest BCUT2D eigenvalue weighted by Crippen LogP contribution is 2.45. The summed E-state index contributed by atoms with van der Waals surface area (Å²) in [4.78, 5) is 48.9. The molecule has 0 saturated carbocycles. The molecule has 0 unspecified atom stereocenters. The molecular formula is C18H19ClN4O10S. The molecule has 2 aliphatic heterocycles. The number of aromatic hydroxyl groups is 2. The Morgan fingerprint density at radius 2 is 2.00 bits per heavy atom. The van der Waals surface area contributed by atoms with Gasteiger partial charge in [0, 0.05) is 6.21 Å². The average Bonchev–Trinajstić information content (AvgIpc) is 2.90. The van der Waals surface area contributed by atoms with E-state index in [0.717, 1.165) is 24.0 Å². The Morgan fingerprint density at radius 1 is 1.35 bits per heavy atom. The van der Waals surface area contributed by atoms with Gasteiger partial charge in [0.05, 0.1) is 23.6 Å². The van der Waals surface area contributed by atoms with Gasteiger partial charge in [-0.25, -0.2) is 18.6 Å². The van der Waals surface area contributed by atoms with E-state index in [2.05, 4.69) is 10.4 Å². The van der Waals surface area contributed by atoms with Crippen LogP contribution in [0.2, 0.25) is 5.02 Å². The molecule has 184 valence electrons. The number of aliphatic carboxylic acids is 1. The number of β-lactam (4-membered cyclic amide) rings is 1. The van der Waals surface area contributed by atoms with E-state index < -0.39 is 78.9 Å². The lowest BCUT2D eigenvalue weighted by Crippen LogP contribution is -2.57. The normalized spacial score (nSPS) is 26.0. The lowest BCUT2D eigenvalue weighted by Gasteiger charge is -2.35. The number of nitrogens with zero attached hydrogens (tertiary/aromatic N) is 2. The van der Waals surface area contributed by atoms with E-state index >= 15 is 0 Å². The molecule has 0 aliphatic carbocycles. The molecule has 14 nitrogen and oxygen atoms in total. The van der Waals surface area contributed by atoms with Crippen LogP contribution in [0.3, 0.4) is 0 Å². The van der Waals surface area contributed by atoms with Crippen LogP contribution in [-0.4, -0.2) is 92.5 Å². The number of fused-ring (bicyclic) bond motifs is 1. The number of carbonyl (C=O) groups is 4. The first-order valence-electron chi connectivity index (χ1n) is 9.51. The van der Waals surface area contributed by atoms with E-state index in [-0.39, 0.29) is 12.0 Å². The molecule has 6 N–H and O–H groups in total. The van der Waals surface area contributed by atoms with Gasteiger partial charge in [0.25, 0.3) is 11.8 Å². The van der Waals surface area contributed by atoms with Crippen LogP contribution >= 0.6 is 11.6 Å². The first-order chi connectivity index (χ1) is 15.8. The van der Waals surface area contributed by atoms with Crippen LogP contribution < -0.4 is 10.7 Å². The molecule has 0 bridgehead atoms. The number of carbonyl (C=O) groups excluding carboxylic acids is 3. The predicted octanol–water partition coefficient (Wildman–Crippen LogP) is -1.86. The van der Waals surface area contributed by atoms with Crippen molar-refractivity contribution in [1.82, 2.24) is 15.6 Å². The number of nitrogens with one attached hydrogen (secondary N) is 2. The zero-order chi connectivity index (χ0) is 25.6. The van der Waals surface area contributed by atoms with Crippen molar-refractivity contribution in [1.29, 1.82) is 0 Å². The third-order valence-electron chi connectivity index (χ3n) is 5.61. The highest BCUT2D eigenvalue weighted by Gasteiger charge is 2.69. The predicted molar refractivity (Wildman–Crippen MR) is 114 cm³/mol. The molecule has 0 spiro atoms. The molecule has 3 amide bonds. The van der Waals surface area contributed by atoms with Gasteiger partial charge in [0.1, 0.15) is 16.2 Å². The number of carboxylic acid groups (broad SMARTS) is 1. The van der Waals surface area contributed by atoms with Gasteiger partial charge in [-0.15, -0.1) is 0 Å². The summed E-state index contributed by atoms with van der Waals surface area (Å²) in [6.45, 7) is 0.124. The quantitative estimate of drug-likeness (QED) is 0.102. The van der Waals surface area contributed by atoms with Crippen LogP contribution in [-0.2, 0) is 24.2 Å². The molecule has 2 fully saturated rings. The number of amides is 3. The van der Waals surface area contributed by atoms with Crippen LogP contribution in [0.15, 0.2) is 17.2 Å². The van der Waals surface area contributed by atoms with Crippen molar-refractivity contribution in [2.45, 2.75) is 35.5 Å². The summed E-state index contributed by atoms with van der Waals surface area (Å²) >= 11 is 5.79. The molecule has 2 saturated heterocycles. The first kappa shape index (κ1) is 25.2. The second kappa shape index (κ2) is 8.73. The lowest BCUT2D eigenvalue weighted by molar-refractivity contribution is -0.156. The van der Waals surface area contributed by atoms with Crippen molar-refractivity contribution in [3.05, 3.63) is 22.7 Å². The number of hydrazone groups is 1. The van der Waals surface area contributed by atoms with Gasteiger partial charge in [0.15, 0.2) is 27.4 Å². The third-order valence-corrected chi connectivity index (χ3v) is 8.66. The SMILES string of the molecule is C[C@]1(/C=N/NC(=O)[C@H](CO)NC(=O)c2ccc(O)c(O)c2Cl)[C@H](C(=O)O)N2C(=O)C[C@H]2S1(=O)=O. The minimum absolute atomic E-state index is 0.324. The maximum Gasteiger partial charge on any atom is 0.328 e. The summed E-state index contributed by atoms with van der Waals surface area (Å²) in [5, 5.41) is 41.7. The summed E-state index contributed by atoms with van der Waals surface area (Å²) in [7, 11) is -4.20. The largest absolute Gasteiger partial charge is 0.504 e. The maximum atomic E-state index is 12.8. The number of hydrogen-bond acceptors (Lipinski definition) is 10. The molecule has 4 atom stereocenters. The van der Waals surface area contributed by atoms with Crippen molar-refractivity contribution in [2.24, 2.45) is 5.10 Å². The number of carboxylic acids is 1. The number of hydrogen-bond donors (Lipinski definition) is 6. The van der Waals surface area contributed by atoms with Crippen molar-refractivity contribution < 1.29 is 48.0 Å². The molecule has 1 aromatic rings. The van der Waals surface area contributed by atoms with Crippen LogP contribution in [0.5, 0.6) is 11.5 Å². The number of phenols is 2. The molecular weight excluding hydrogens is 500 g/mol. The van der Waals surface area contributed by atoms with Gasteiger partial charge in [-0.2, -0.15) is 5.10 Å². The standard InChI is InChI=1S/C18H19ClN4O10S/c1-18(14(17(30)31)23-10(26)4-11(23)34(18,32)33)6-20-22-16(29)8(5-24)21-15(28)7-2-3-9(25)13(27)12(7)19/h2-3,6,8,11,14,24-25,27H,4-5H2,1H3,(H,21,28)(H,22,29)(H,30,31)/b20-6+/t8-,11+,14-,18-/m0/s1. The molecule has 2 heterocycles. The monoisotopic (exact) mass is 518 g/mol. The molecule has 3 rings (SSSR count). The second-order valence-corrected chi connectivity index (χ2v) is 10.6. The maximum absolute atomic E-state index is 12.8. The van der Waals surface area contributed by atoms with E-state index in [1.165, 1.54) is 0 Å². The third kappa shape index (κ3) is 3.80. The lowest BCUT2D eigenvalue weighted by atomic mass is 9.97. The Kier molecular flexibility index (Phi) is 6.47. The summed E-state index contributed by atoms with van der Waals surface area (Å²) < 4.78 is 23.4. The van der Waals surface area contributed by atoms with Crippen LogP contribution in [0.4, 0.5) is 0 Å². The minimum Gasteiger partial charge on any atom is -0.504 e. The fourth-order valence-corrected chi connectivity index (χ4v) is 6.12.